The molecule has 0 fully saturated rings. The minimum absolute atomic E-state index is 0.165. The Bertz CT molecular complexity index is 639. The van der Waals surface area contributed by atoms with Crippen molar-refractivity contribution in [2.75, 3.05) is 5.32 Å². The lowest BCUT2D eigenvalue weighted by Crippen LogP contribution is -2.16. The van der Waals surface area contributed by atoms with Crippen LogP contribution in [0.4, 0.5) is 11.5 Å². The second-order valence-corrected chi connectivity index (χ2v) is 7.05. The van der Waals surface area contributed by atoms with E-state index in [9.17, 15) is 0 Å². The number of benzene rings is 1. The maximum absolute atomic E-state index is 6.06. The van der Waals surface area contributed by atoms with E-state index >= 15 is 0 Å². The van der Waals surface area contributed by atoms with Crippen molar-refractivity contribution in [2.45, 2.75) is 26.2 Å². The Morgan fingerprint density at radius 1 is 1.10 bits per heavy atom. The van der Waals surface area contributed by atoms with Crippen LogP contribution in [0.1, 0.15) is 26.6 Å². The molecule has 2 rings (SSSR count). The van der Waals surface area contributed by atoms with Gasteiger partial charge in [0, 0.05) is 21.6 Å². The maximum Gasteiger partial charge on any atom is 0.137 e. The van der Waals surface area contributed by atoms with Gasteiger partial charge in [0.1, 0.15) is 16.8 Å². The molecule has 0 saturated carbocycles. The summed E-state index contributed by atoms with van der Waals surface area (Å²) in [7, 11) is 0. The molecule has 1 aromatic carbocycles. The van der Waals surface area contributed by atoms with E-state index < -0.39 is 0 Å². The Hall–Kier alpha value is -0.840. The fourth-order valence-corrected chi connectivity index (χ4v) is 2.22. The van der Waals surface area contributed by atoms with Crippen LogP contribution in [0.5, 0.6) is 0 Å². The molecule has 6 heteroatoms. The quantitative estimate of drug-likeness (QED) is 0.696. The van der Waals surface area contributed by atoms with E-state index in [-0.39, 0.29) is 5.41 Å². The molecule has 0 saturated heterocycles. The van der Waals surface area contributed by atoms with Gasteiger partial charge in [-0.05, 0) is 34.1 Å². The van der Waals surface area contributed by atoms with E-state index in [1.807, 2.05) is 32.9 Å². The van der Waals surface area contributed by atoms with Gasteiger partial charge in [-0.2, -0.15) is 0 Å². The first-order valence-electron chi connectivity index (χ1n) is 6.03. The second-order valence-electron chi connectivity index (χ2n) is 5.40. The molecule has 0 atom stereocenters. The standard InChI is InChI=1S/C14H14BrCl2N3/c1-14(2,3)13-19-11(17)7-12(20-13)18-8-4-5-10(16)9(15)6-8/h4-7H,1-3H3,(H,18,19,20). The lowest BCUT2D eigenvalue weighted by atomic mass is 9.96. The summed E-state index contributed by atoms with van der Waals surface area (Å²) in [4.78, 5) is 8.76. The van der Waals surface area contributed by atoms with E-state index in [2.05, 4.69) is 31.2 Å². The highest BCUT2D eigenvalue weighted by molar-refractivity contribution is 9.10. The molecule has 1 heterocycles. The Morgan fingerprint density at radius 3 is 2.40 bits per heavy atom. The van der Waals surface area contributed by atoms with Gasteiger partial charge < -0.3 is 5.32 Å². The lowest BCUT2D eigenvalue weighted by Gasteiger charge is -2.18. The lowest BCUT2D eigenvalue weighted by molar-refractivity contribution is 0.546. The fourth-order valence-electron chi connectivity index (χ4n) is 1.54. The summed E-state index contributed by atoms with van der Waals surface area (Å²) in [5.74, 6) is 1.35. The van der Waals surface area contributed by atoms with E-state index in [0.29, 0.717) is 21.8 Å². The van der Waals surface area contributed by atoms with Crippen LogP contribution in [0.15, 0.2) is 28.7 Å². The van der Waals surface area contributed by atoms with Gasteiger partial charge in [0.2, 0.25) is 0 Å². The molecule has 0 bridgehead atoms. The summed E-state index contributed by atoms with van der Waals surface area (Å²) in [6, 6.07) is 7.26. The molecule has 20 heavy (non-hydrogen) atoms. The van der Waals surface area contributed by atoms with Crippen LogP contribution < -0.4 is 5.32 Å². The van der Waals surface area contributed by atoms with Gasteiger partial charge in [-0.15, -0.1) is 0 Å². The molecular formula is C14H14BrCl2N3. The molecule has 3 nitrogen and oxygen atoms in total. The van der Waals surface area contributed by atoms with Crippen molar-refractivity contribution in [2.24, 2.45) is 0 Å². The van der Waals surface area contributed by atoms with Gasteiger partial charge in [-0.1, -0.05) is 44.0 Å². The van der Waals surface area contributed by atoms with Gasteiger partial charge in [0.25, 0.3) is 0 Å². The van der Waals surface area contributed by atoms with Crippen molar-refractivity contribution in [3.05, 3.63) is 44.7 Å². The molecule has 2 aromatic rings. The zero-order chi connectivity index (χ0) is 14.9. The molecule has 106 valence electrons. The number of nitrogens with one attached hydrogen (secondary N) is 1. The Labute approximate surface area is 136 Å². The summed E-state index contributed by atoms with van der Waals surface area (Å²) < 4.78 is 0.820. The molecule has 0 aliphatic heterocycles. The average Bonchev–Trinajstić information content (AvgIpc) is 2.32. The Balaban J connectivity index is 2.33. The summed E-state index contributed by atoms with van der Waals surface area (Å²) in [6.45, 7) is 6.13. The maximum atomic E-state index is 6.06. The summed E-state index contributed by atoms with van der Waals surface area (Å²) in [5, 5.41) is 4.28. The van der Waals surface area contributed by atoms with Crippen LogP contribution in [0.25, 0.3) is 0 Å². The van der Waals surface area contributed by atoms with Crippen LogP contribution in [-0.4, -0.2) is 9.97 Å². The largest absolute Gasteiger partial charge is 0.340 e. The zero-order valence-electron chi connectivity index (χ0n) is 11.3. The third kappa shape index (κ3) is 3.84. The third-order valence-electron chi connectivity index (χ3n) is 2.56. The normalized spacial score (nSPS) is 11.5. The van der Waals surface area contributed by atoms with Gasteiger partial charge in [0.15, 0.2) is 0 Å². The molecule has 0 aliphatic carbocycles. The average molecular weight is 375 g/mol. The van der Waals surface area contributed by atoms with E-state index in [1.54, 1.807) is 12.1 Å². The number of halogens is 3. The molecule has 1 aromatic heterocycles. The SMILES string of the molecule is CC(C)(C)c1nc(Cl)cc(Nc2ccc(Cl)c(Br)c2)n1. The molecule has 0 radical (unpaired) electrons. The summed E-state index contributed by atoms with van der Waals surface area (Å²) in [6.07, 6.45) is 0. The number of anilines is 2. The number of hydrogen-bond donors (Lipinski definition) is 1. The van der Waals surface area contributed by atoms with Crippen LogP contribution >= 0.6 is 39.1 Å². The van der Waals surface area contributed by atoms with Gasteiger partial charge in [-0.3, -0.25) is 0 Å². The molecule has 0 spiro atoms. The van der Waals surface area contributed by atoms with E-state index in [0.717, 1.165) is 10.2 Å². The number of aromatic nitrogens is 2. The van der Waals surface area contributed by atoms with E-state index in [4.69, 9.17) is 23.2 Å². The smallest absolute Gasteiger partial charge is 0.137 e. The summed E-state index contributed by atoms with van der Waals surface area (Å²) in [5.41, 5.74) is 0.706. The minimum atomic E-state index is -0.165. The van der Waals surface area contributed by atoms with Crippen molar-refractivity contribution in [3.8, 4) is 0 Å². The minimum Gasteiger partial charge on any atom is -0.340 e. The van der Waals surface area contributed by atoms with Crippen molar-refractivity contribution < 1.29 is 0 Å². The van der Waals surface area contributed by atoms with Crippen molar-refractivity contribution in [1.29, 1.82) is 0 Å². The first-order valence-corrected chi connectivity index (χ1v) is 7.58. The van der Waals surface area contributed by atoms with Crippen molar-refractivity contribution in [3.63, 3.8) is 0 Å². The van der Waals surface area contributed by atoms with Crippen LogP contribution in [-0.2, 0) is 5.41 Å². The fraction of sp³-hybridized carbons (Fsp3) is 0.286. The Morgan fingerprint density at radius 2 is 1.80 bits per heavy atom. The first-order chi connectivity index (χ1) is 9.25. The third-order valence-corrected chi connectivity index (χ3v) is 3.97. The van der Waals surface area contributed by atoms with E-state index in [1.165, 1.54) is 0 Å². The second kappa shape index (κ2) is 5.88. The van der Waals surface area contributed by atoms with Crippen LogP contribution in [0.2, 0.25) is 10.2 Å². The van der Waals surface area contributed by atoms with Crippen molar-refractivity contribution >= 4 is 50.6 Å². The topological polar surface area (TPSA) is 37.8 Å². The highest BCUT2D eigenvalue weighted by atomic mass is 79.9. The number of rotatable bonds is 2. The molecular weight excluding hydrogens is 361 g/mol. The predicted molar refractivity (Wildman–Crippen MR) is 88.2 cm³/mol. The molecule has 1 N–H and O–H groups in total. The number of hydrogen-bond acceptors (Lipinski definition) is 3. The zero-order valence-corrected chi connectivity index (χ0v) is 14.4. The van der Waals surface area contributed by atoms with Gasteiger partial charge >= 0.3 is 0 Å². The van der Waals surface area contributed by atoms with Crippen molar-refractivity contribution in [1.82, 2.24) is 9.97 Å². The van der Waals surface area contributed by atoms with Gasteiger partial charge in [-0.25, -0.2) is 9.97 Å². The molecule has 0 unspecified atom stereocenters. The van der Waals surface area contributed by atoms with Gasteiger partial charge in [0.05, 0.1) is 5.02 Å². The number of nitrogens with zero attached hydrogens (tertiary/aromatic N) is 2. The Kier molecular flexibility index (Phi) is 4.57. The highest BCUT2D eigenvalue weighted by Gasteiger charge is 2.18. The molecule has 0 amide bonds. The molecule has 0 aliphatic rings. The first kappa shape index (κ1) is 15.5. The predicted octanol–water partition coefficient (Wildman–Crippen LogP) is 5.59. The summed E-state index contributed by atoms with van der Waals surface area (Å²) >= 11 is 15.4. The van der Waals surface area contributed by atoms with Crippen LogP contribution in [0, 0.1) is 0 Å². The van der Waals surface area contributed by atoms with Crippen LogP contribution in [0.3, 0.4) is 0 Å². The highest BCUT2D eigenvalue weighted by Crippen LogP contribution is 2.28. The monoisotopic (exact) mass is 373 g/mol.